The topological polar surface area (TPSA) is 57.5 Å². The van der Waals surface area contributed by atoms with E-state index in [-0.39, 0.29) is 0 Å². The predicted molar refractivity (Wildman–Crippen MR) is 75.5 cm³/mol. The van der Waals surface area contributed by atoms with E-state index in [2.05, 4.69) is 38.6 Å². The number of aromatic nitrogens is 3. The van der Waals surface area contributed by atoms with Crippen LogP contribution in [-0.4, -0.2) is 58.8 Å². The molecular formula is C13H20N6. The second-order valence-electron chi connectivity index (χ2n) is 4.97. The van der Waals surface area contributed by atoms with Gasteiger partial charge in [0.2, 0.25) is 0 Å². The largest absolute Gasteiger partial charge is 0.369 e. The highest BCUT2D eigenvalue weighted by molar-refractivity contribution is 5.51. The molecule has 2 N–H and O–H groups in total. The third-order valence-corrected chi connectivity index (χ3v) is 3.47. The zero-order chi connectivity index (χ0) is 13.1. The number of rotatable bonds is 4. The summed E-state index contributed by atoms with van der Waals surface area (Å²) in [6, 6.07) is 4.15. The Balaban J connectivity index is 1.63. The monoisotopic (exact) mass is 260 g/mol. The van der Waals surface area contributed by atoms with Crippen molar-refractivity contribution in [3.8, 4) is 0 Å². The number of fused-ring (bicyclic) bond motifs is 1. The fourth-order valence-electron chi connectivity index (χ4n) is 2.46. The Morgan fingerprint density at radius 3 is 3.00 bits per heavy atom. The number of hydrogen-bond donors (Lipinski definition) is 2. The van der Waals surface area contributed by atoms with Crippen LogP contribution < -0.4 is 10.6 Å². The summed E-state index contributed by atoms with van der Waals surface area (Å²) in [6.45, 7) is 8.53. The van der Waals surface area contributed by atoms with Crippen molar-refractivity contribution < 1.29 is 0 Å². The van der Waals surface area contributed by atoms with E-state index in [0.717, 1.165) is 50.7 Å². The fraction of sp³-hybridized carbons (Fsp3) is 0.538. The lowest BCUT2D eigenvalue weighted by Crippen LogP contribution is -2.45. The van der Waals surface area contributed by atoms with Crippen molar-refractivity contribution in [3.05, 3.63) is 24.0 Å². The molecule has 0 saturated carbocycles. The highest BCUT2D eigenvalue weighted by atomic mass is 15.3. The van der Waals surface area contributed by atoms with Crippen LogP contribution in [0.5, 0.6) is 0 Å². The minimum atomic E-state index is 0.893. The number of aryl methyl sites for hydroxylation is 1. The van der Waals surface area contributed by atoms with E-state index < -0.39 is 0 Å². The van der Waals surface area contributed by atoms with E-state index in [1.807, 2.05) is 10.6 Å². The van der Waals surface area contributed by atoms with Crippen LogP contribution in [-0.2, 0) is 0 Å². The molecule has 6 nitrogen and oxygen atoms in total. The first kappa shape index (κ1) is 12.4. The van der Waals surface area contributed by atoms with Crippen LogP contribution in [0.3, 0.4) is 0 Å². The first-order valence-corrected chi connectivity index (χ1v) is 6.80. The van der Waals surface area contributed by atoms with E-state index >= 15 is 0 Å². The molecule has 2 aromatic rings. The van der Waals surface area contributed by atoms with Crippen LogP contribution in [0.4, 0.5) is 5.82 Å². The molecular weight excluding hydrogens is 240 g/mol. The van der Waals surface area contributed by atoms with Gasteiger partial charge in [-0.3, -0.25) is 4.90 Å². The predicted octanol–water partition coefficient (Wildman–Crippen LogP) is 0.355. The minimum Gasteiger partial charge on any atom is -0.369 e. The highest BCUT2D eigenvalue weighted by Gasteiger charge is 2.09. The van der Waals surface area contributed by atoms with E-state index in [9.17, 15) is 0 Å². The molecule has 1 aliphatic rings. The molecule has 0 aliphatic carbocycles. The molecule has 6 heteroatoms. The second kappa shape index (κ2) is 5.54. The van der Waals surface area contributed by atoms with Crippen molar-refractivity contribution in [1.82, 2.24) is 24.8 Å². The van der Waals surface area contributed by atoms with Gasteiger partial charge in [-0.15, -0.1) is 0 Å². The zero-order valence-corrected chi connectivity index (χ0v) is 11.3. The lowest BCUT2D eigenvalue weighted by molar-refractivity contribution is 0.249. The Hall–Kier alpha value is -1.66. The fourth-order valence-corrected chi connectivity index (χ4v) is 2.46. The van der Waals surface area contributed by atoms with Crippen LogP contribution in [0.1, 0.15) is 5.56 Å². The Labute approximate surface area is 112 Å². The van der Waals surface area contributed by atoms with Crippen molar-refractivity contribution in [2.24, 2.45) is 0 Å². The maximum atomic E-state index is 4.24. The van der Waals surface area contributed by atoms with Gasteiger partial charge in [0, 0.05) is 39.3 Å². The Morgan fingerprint density at radius 1 is 1.32 bits per heavy atom. The summed E-state index contributed by atoms with van der Waals surface area (Å²) in [5.41, 5.74) is 2.09. The SMILES string of the molecule is Cc1cc(NCCN2CCNCC2)n2ncnc2c1. The van der Waals surface area contributed by atoms with Crippen molar-refractivity contribution in [3.63, 3.8) is 0 Å². The van der Waals surface area contributed by atoms with Crippen molar-refractivity contribution >= 4 is 11.5 Å². The molecule has 19 heavy (non-hydrogen) atoms. The molecule has 1 aliphatic heterocycles. The van der Waals surface area contributed by atoms with Gasteiger partial charge in [-0.05, 0) is 24.6 Å². The lowest BCUT2D eigenvalue weighted by Gasteiger charge is -2.27. The summed E-state index contributed by atoms with van der Waals surface area (Å²) in [4.78, 5) is 6.70. The number of nitrogens with zero attached hydrogens (tertiary/aromatic N) is 4. The van der Waals surface area contributed by atoms with E-state index in [1.165, 1.54) is 5.56 Å². The van der Waals surface area contributed by atoms with E-state index in [4.69, 9.17) is 0 Å². The van der Waals surface area contributed by atoms with Gasteiger partial charge in [0.25, 0.3) is 0 Å². The molecule has 0 bridgehead atoms. The number of pyridine rings is 1. The van der Waals surface area contributed by atoms with Gasteiger partial charge in [-0.25, -0.2) is 4.98 Å². The summed E-state index contributed by atoms with van der Waals surface area (Å²) in [5.74, 6) is 1.02. The molecule has 1 saturated heterocycles. The number of anilines is 1. The van der Waals surface area contributed by atoms with E-state index in [1.54, 1.807) is 6.33 Å². The van der Waals surface area contributed by atoms with Crippen molar-refractivity contribution in [2.45, 2.75) is 6.92 Å². The molecule has 3 rings (SSSR count). The standard InChI is InChI=1S/C13H20N6/c1-11-8-12(19-13(9-11)16-10-17-19)15-4-7-18-5-2-14-3-6-18/h8-10,14-15H,2-7H2,1H3. The van der Waals surface area contributed by atoms with Crippen LogP contribution in [0, 0.1) is 6.92 Å². The smallest absolute Gasteiger partial charge is 0.157 e. The minimum absolute atomic E-state index is 0.893. The maximum absolute atomic E-state index is 4.24. The maximum Gasteiger partial charge on any atom is 0.157 e. The quantitative estimate of drug-likeness (QED) is 0.831. The normalized spacial score (nSPS) is 16.9. The van der Waals surface area contributed by atoms with Gasteiger partial charge in [0.1, 0.15) is 12.1 Å². The molecule has 0 atom stereocenters. The molecule has 0 amide bonds. The third-order valence-electron chi connectivity index (χ3n) is 3.47. The molecule has 102 valence electrons. The van der Waals surface area contributed by atoms with Crippen LogP contribution in [0.25, 0.3) is 5.65 Å². The van der Waals surface area contributed by atoms with E-state index in [0.29, 0.717) is 0 Å². The van der Waals surface area contributed by atoms with Gasteiger partial charge in [0.05, 0.1) is 0 Å². The Kier molecular flexibility index (Phi) is 3.61. The molecule has 2 aromatic heterocycles. The zero-order valence-electron chi connectivity index (χ0n) is 11.3. The number of piperazine rings is 1. The van der Waals surface area contributed by atoms with Crippen LogP contribution in [0.2, 0.25) is 0 Å². The molecule has 1 fully saturated rings. The summed E-state index contributed by atoms with van der Waals surface area (Å²) in [5, 5.41) is 11.1. The van der Waals surface area contributed by atoms with Crippen LogP contribution >= 0.6 is 0 Å². The lowest BCUT2D eigenvalue weighted by atomic mass is 10.3. The molecule has 0 radical (unpaired) electrons. The van der Waals surface area contributed by atoms with Gasteiger partial charge in [0.15, 0.2) is 5.65 Å². The highest BCUT2D eigenvalue weighted by Crippen LogP contribution is 2.12. The van der Waals surface area contributed by atoms with Crippen molar-refractivity contribution in [2.75, 3.05) is 44.6 Å². The van der Waals surface area contributed by atoms with Gasteiger partial charge in [-0.1, -0.05) is 0 Å². The van der Waals surface area contributed by atoms with Gasteiger partial charge in [-0.2, -0.15) is 9.61 Å². The third kappa shape index (κ3) is 2.85. The molecule has 0 unspecified atom stereocenters. The number of hydrogen-bond acceptors (Lipinski definition) is 5. The van der Waals surface area contributed by atoms with Gasteiger partial charge < -0.3 is 10.6 Å². The first-order chi connectivity index (χ1) is 9.33. The average Bonchev–Trinajstić information content (AvgIpc) is 2.88. The second-order valence-corrected chi connectivity index (χ2v) is 4.97. The first-order valence-electron chi connectivity index (χ1n) is 6.80. The molecule has 0 spiro atoms. The van der Waals surface area contributed by atoms with Crippen LogP contribution in [0.15, 0.2) is 18.5 Å². The average molecular weight is 260 g/mol. The van der Waals surface area contributed by atoms with Gasteiger partial charge >= 0.3 is 0 Å². The summed E-state index contributed by atoms with van der Waals surface area (Å²) < 4.78 is 1.85. The Bertz CT molecular complexity index is 543. The summed E-state index contributed by atoms with van der Waals surface area (Å²) >= 11 is 0. The summed E-state index contributed by atoms with van der Waals surface area (Å²) in [7, 11) is 0. The Morgan fingerprint density at radius 2 is 2.16 bits per heavy atom. The van der Waals surface area contributed by atoms with Crippen molar-refractivity contribution in [1.29, 1.82) is 0 Å². The summed E-state index contributed by atoms with van der Waals surface area (Å²) in [6.07, 6.45) is 1.59. The number of nitrogens with one attached hydrogen (secondary N) is 2. The molecule has 3 heterocycles. The molecule has 0 aromatic carbocycles.